The van der Waals surface area contributed by atoms with E-state index in [1.807, 2.05) is 6.20 Å². The molecule has 0 aliphatic heterocycles. The van der Waals surface area contributed by atoms with Crippen LogP contribution in [-0.4, -0.2) is 9.55 Å². The Kier molecular flexibility index (Phi) is 7.40. The van der Waals surface area contributed by atoms with E-state index in [2.05, 4.69) is 216 Å². The van der Waals surface area contributed by atoms with Crippen LogP contribution in [0.5, 0.6) is 0 Å². The van der Waals surface area contributed by atoms with Crippen molar-refractivity contribution in [3.63, 3.8) is 0 Å². The molecule has 2 heteroatoms. The van der Waals surface area contributed by atoms with Gasteiger partial charge in [0.1, 0.15) is 0 Å². The molecule has 0 saturated carbocycles. The molecule has 0 amide bonds. The summed E-state index contributed by atoms with van der Waals surface area (Å²) in [7, 11) is 0. The summed E-state index contributed by atoms with van der Waals surface area (Å²) in [5.41, 5.74) is 13.6. The number of fused-ring (bicyclic) bond motifs is 7. The average molecular weight is 677 g/mol. The zero-order valence-corrected chi connectivity index (χ0v) is 29.2. The van der Waals surface area contributed by atoms with Crippen LogP contribution in [0.1, 0.15) is 22.3 Å². The topological polar surface area (TPSA) is 20.7 Å². The molecule has 8 aromatic carbocycles. The summed E-state index contributed by atoms with van der Waals surface area (Å²) < 4.78 is 2.26. The highest BCUT2D eigenvalue weighted by molar-refractivity contribution is 6.06. The van der Waals surface area contributed by atoms with Gasteiger partial charge in [0, 0.05) is 34.4 Å². The van der Waals surface area contributed by atoms with Crippen molar-refractivity contribution in [2.75, 3.05) is 0 Å². The van der Waals surface area contributed by atoms with Gasteiger partial charge >= 0.3 is 0 Å². The Morgan fingerprint density at radius 3 is 1.85 bits per heavy atom. The zero-order valence-electron chi connectivity index (χ0n) is 29.2. The number of aromatic amines is 1. The summed E-state index contributed by atoms with van der Waals surface area (Å²) in [6.07, 6.45) is 4.15. The first-order valence-electron chi connectivity index (χ1n) is 18.3. The molecular formula is C51H36N2. The van der Waals surface area contributed by atoms with Crippen molar-refractivity contribution in [2.24, 2.45) is 0 Å². The van der Waals surface area contributed by atoms with Crippen LogP contribution in [0, 0.1) is 0 Å². The summed E-state index contributed by atoms with van der Waals surface area (Å²) >= 11 is 0. The second-order valence-electron chi connectivity index (χ2n) is 13.8. The van der Waals surface area contributed by atoms with Crippen molar-refractivity contribution in [1.29, 1.82) is 0 Å². The van der Waals surface area contributed by atoms with Crippen molar-refractivity contribution < 1.29 is 0 Å². The van der Waals surface area contributed by atoms with E-state index in [4.69, 9.17) is 0 Å². The summed E-state index contributed by atoms with van der Waals surface area (Å²) in [4.78, 5) is 3.21. The largest absolute Gasteiger partial charge is 0.361 e. The molecule has 0 radical (unpaired) electrons. The lowest BCUT2D eigenvalue weighted by atomic mass is 9.67. The van der Waals surface area contributed by atoms with E-state index in [1.54, 1.807) is 0 Å². The van der Waals surface area contributed by atoms with E-state index in [0.29, 0.717) is 0 Å². The number of nitrogens with one attached hydrogen (secondary N) is 1. The number of H-pyrrole nitrogens is 1. The lowest BCUT2D eigenvalue weighted by Gasteiger charge is -2.34. The highest BCUT2D eigenvalue weighted by Crippen LogP contribution is 2.56. The van der Waals surface area contributed by atoms with Gasteiger partial charge in [-0.15, -0.1) is 0 Å². The van der Waals surface area contributed by atoms with Crippen LogP contribution in [0.25, 0.3) is 60.5 Å². The van der Waals surface area contributed by atoms with E-state index in [0.717, 1.165) is 0 Å². The minimum absolute atomic E-state index is 0.384. The molecule has 10 aromatic rings. The minimum Gasteiger partial charge on any atom is -0.361 e. The molecule has 0 unspecified atom stereocenters. The van der Waals surface area contributed by atoms with E-state index in [-0.39, 0.29) is 5.41 Å². The molecule has 11 rings (SSSR count). The van der Waals surface area contributed by atoms with Crippen molar-refractivity contribution in [1.82, 2.24) is 9.55 Å². The Balaban J connectivity index is 0.000000225. The van der Waals surface area contributed by atoms with Crippen LogP contribution >= 0.6 is 0 Å². The molecule has 0 spiro atoms. The van der Waals surface area contributed by atoms with Crippen LogP contribution < -0.4 is 0 Å². The number of rotatable bonds is 4. The van der Waals surface area contributed by atoms with E-state index in [1.165, 1.54) is 82.8 Å². The summed E-state index contributed by atoms with van der Waals surface area (Å²) in [5, 5.41) is 5.16. The van der Waals surface area contributed by atoms with Crippen LogP contribution in [-0.2, 0) is 5.41 Å². The third kappa shape index (κ3) is 5.03. The Morgan fingerprint density at radius 1 is 0.415 bits per heavy atom. The predicted octanol–water partition coefficient (Wildman–Crippen LogP) is 13.0. The van der Waals surface area contributed by atoms with Gasteiger partial charge in [0.2, 0.25) is 0 Å². The van der Waals surface area contributed by atoms with Gasteiger partial charge in [-0.2, -0.15) is 0 Å². The second-order valence-corrected chi connectivity index (χ2v) is 13.8. The molecule has 1 N–H and O–H groups in total. The number of hydrogen-bond acceptors (Lipinski definition) is 0. The molecule has 0 fully saturated rings. The molecule has 0 bridgehead atoms. The number of hydrogen-bond donors (Lipinski definition) is 1. The fourth-order valence-corrected chi connectivity index (χ4v) is 8.58. The van der Waals surface area contributed by atoms with Crippen LogP contribution in [0.2, 0.25) is 0 Å². The third-order valence-corrected chi connectivity index (χ3v) is 11.0. The SMILES string of the molecule is c1ccc(-n2ccc3cc(-c4ccc5c(c4)C(c4ccccc4)(c4ccccc4)c4ccccc4-5)ccc32)cc1.c1ccc2c(c1)ccc1[nH]ccc12. The zero-order chi connectivity index (χ0) is 35.2. The number of nitrogens with zero attached hydrogens (tertiary/aromatic N) is 1. The molecule has 2 nitrogen and oxygen atoms in total. The van der Waals surface area contributed by atoms with Crippen molar-refractivity contribution >= 4 is 32.6 Å². The minimum atomic E-state index is -0.384. The first kappa shape index (κ1) is 30.9. The smallest absolute Gasteiger partial charge is 0.0713 e. The standard InChI is InChI=1S/C39H27N.C12H9N/c1-4-12-31(13-5-1)39(32-14-6-2-7-15-32)36-19-11-10-18-34(36)35-22-20-29(27-37(35)39)28-21-23-38-30(26-28)24-25-40(38)33-16-8-3-9-17-33;1-2-4-10-9(3-1)5-6-12-11(10)7-8-13-12/h1-27H;1-8,13H. The lowest BCUT2D eigenvalue weighted by molar-refractivity contribution is 0.769. The highest BCUT2D eigenvalue weighted by atomic mass is 15.0. The van der Waals surface area contributed by atoms with Gasteiger partial charge in [-0.3, -0.25) is 0 Å². The highest BCUT2D eigenvalue weighted by Gasteiger charge is 2.46. The maximum atomic E-state index is 3.21. The molecule has 1 aliphatic carbocycles. The molecular weight excluding hydrogens is 641 g/mol. The Morgan fingerprint density at radius 2 is 1.06 bits per heavy atom. The summed E-state index contributed by atoms with van der Waals surface area (Å²) in [6, 6.07) is 72.4. The lowest BCUT2D eigenvalue weighted by Crippen LogP contribution is -2.28. The maximum Gasteiger partial charge on any atom is 0.0713 e. The quantitative estimate of drug-likeness (QED) is 0.192. The van der Waals surface area contributed by atoms with Crippen LogP contribution in [0.15, 0.2) is 213 Å². The molecule has 2 heterocycles. The first-order valence-corrected chi connectivity index (χ1v) is 18.3. The molecule has 250 valence electrons. The predicted molar refractivity (Wildman–Crippen MR) is 222 cm³/mol. The van der Waals surface area contributed by atoms with Gasteiger partial charge in [-0.25, -0.2) is 0 Å². The van der Waals surface area contributed by atoms with Crippen LogP contribution in [0.4, 0.5) is 0 Å². The molecule has 53 heavy (non-hydrogen) atoms. The Hall–Kier alpha value is -6.90. The van der Waals surface area contributed by atoms with Gasteiger partial charge in [-0.1, -0.05) is 152 Å². The molecule has 1 aliphatic rings. The van der Waals surface area contributed by atoms with E-state index in [9.17, 15) is 0 Å². The number of para-hydroxylation sites is 1. The van der Waals surface area contributed by atoms with Gasteiger partial charge in [-0.05, 0) is 104 Å². The monoisotopic (exact) mass is 676 g/mol. The van der Waals surface area contributed by atoms with Crippen molar-refractivity contribution in [3.8, 4) is 27.9 Å². The number of aromatic nitrogens is 2. The van der Waals surface area contributed by atoms with Crippen molar-refractivity contribution in [2.45, 2.75) is 5.41 Å². The first-order chi connectivity index (χ1) is 26.3. The fourth-order valence-electron chi connectivity index (χ4n) is 8.58. The third-order valence-electron chi connectivity index (χ3n) is 11.0. The van der Waals surface area contributed by atoms with Gasteiger partial charge in [0.15, 0.2) is 0 Å². The summed E-state index contributed by atoms with van der Waals surface area (Å²) in [6.45, 7) is 0. The maximum absolute atomic E-state index is 3.21. The van der Waals surface area contributed by atoms with E-state index < -0.39 is 0 Å². The molecule has 2 aromatic heterocycles. The van der Waals surface area contributed by atoms with Gasteiger partial charge < -0.3 is 9.55 Å². The second kappa shape index (κ2) is 12.7. The normalized spacial score (nSPS) is 12.7. The average Bonchev–Trinajstić information content (AvgIpc) is 3.97. The molecule has 0 atom stereocenters. The number of benzene rings is 8. The van der Waals surface area contributed by atoms with Crippen LogP contribution in [0.3, 0.4) is 0 Å². The fraction of sp³-hybridized carbons (Fsp3) is 0.0196. The molecule has 0 saturated heterocycles. The Labute approximate surface area is 309 Å². The van der Waals surface area contributed by atoms with Gasteiger partial charge in [0.05, 0.1) is 10.9 Å². The summed E-state index contributed by atoms with van der Waals surface area (Å²) in [5.74, 6) is 0. The van der Waals surface area contributed by atoms with Gasteiger partial charge in [0.25, 0.3) is 0 Å². The Bertz CT molecular complexity index is 2840. The van der Waals surface area contributed by atoms with E-state index >= 15 is 0 Å². The van der Waals surface area contributed by atoms with Crippen molar-refractivity contribution in [3.05, 3.63) is 235 Å².